The van der Waals surface area contributed by atoms with Gasteiger partial charge in [-0.25, -0.2) is 4.98 Å². The van der Waals surface area contributed by atoms with Gasteiger partial charge in [0, 0.05) is 16.5 Å². The molecular weight excluding hydrogens is 333 g/mol. The van der Waals surface area contributed by atoms with Crippen LogP contribution in [0.25, 0.3) is 10.9 Å². The average molecular weight is 346 g/mol. The number of carbonyl (C=O) groups is 1. The van der Waals surface area contributed by atoms with Crippen molar-refractivity contribution in [1.82, 2.24) is 9.97 Å². The van der Waals surface area contributed by atoms with Gasteiger partial charge in [-0.05, 0) is 36.8 Å². The second-order valence-electron chi connectivity index (χ2n) is 5.56. The topological polar surface area (TPSA) is 94.9 Å². The van der Waals surface area contributed by atoms with E-state index >= 15 is 0 Å². The number of benzene rings is 2. The van der Waals surface area contributed by atoms with Crippen LogP contribution in [-0.2, 0) is 6.18 Å². The normalized spacial score (nSPS) is 11.7. The maximum Gasteiger partial charge on any atom is 0.416 e. The number of anilines is 2. The van der Waals surface area contributed by atoms with Gasteiger partial charge >= 0.3 is 6.18 Å². The van der Waals surface area contributed by atoms with Crippen LogP contribution in [-0.4, -0.2) is 15.8 Å². The van der Waals surface area contributed by atoms with Gasteiger partial charge < -0.3 is 11.5 Å². The highest BCUT2D eigenvalue weighted by Gasteiger charge is 2.30. The van der Waals surface area contributed by atoms with Crippen molar-refractivity contribution >= 4 is 28.5 Å². The number of rotatable bonds is 2. The molecule has 0 bridgehead atoms. The molecule has 2 aromatic carbocycles. The van der Waals surface area contributed by atoms with Crippen LogP contribution in [0.1, 0.15) is 27.0 Å². The van der Waals surface area contributed by atoms with Gasteiger partial charge in [0.25, 0.3) is 0 Å². The van der Waals surface area contributed by atoms with Gasteiger partial charge in [0.05, 0.1) is 11.1 Å². The molecular formula is C17H13F3N4O. The minimum atomic E-state index is -4.45. The molecule has 0 fully saturated rings. The first-order valence-corrected chi connectivity index (χ1v) is 7.22. The van der Waals surface area contributed by atoms with E-state index in [2.05, 4.69) is 9.97 Å². The minimum Gasteiger partial charge on any atom is -0.383 e. The van der Waals surface area contributed by atoms with Gasteiger partial charge in [-0.3, -0.25) is 4.79 Å². The van der Waals surface area contributed by atoms with Crippen LogP contribution in [0.3, 0.4) is 0 Å². The van der Waals surface area contributed by atoms with E-state index in [1.165, 1.54) is 6.07 Å². The number of aryl methyl sites for hydroxylation is 1. The Balaban J connectivity index is 2.05. The van der Waals surface area contributed by atoms with E-state index in [1.54, 1.807) is 13.0 Å². The molecule has 0 saturated heterocycles. The predicted octanol–water partition coefficient (Wildman–Crippen LogP) is 3.35. The minimum absolute atomic E-state index is 0.0231. The highest BCUT2D eigenvalue weighted by Crippen LogP contribution is 2.30. The molecule has 0 aliphatic heterocycles. The molecule has 4 N–H and O–H groups in total. The molecule has 0 radical (unpaired) electrons. The molecule has 0 atom stereocenters. The van der Waals surface area contributed by atoms with Crippen LogP contribution in [0, 0.1) is 6.92 Å². The number of nitrogens with two attached hydrogens (primary N) is 2. The van der Waals surface area contributed by atoms with Crippen molar-refractivity contribution in [2.24, 2.45) is 0 Å². The van der Waals surface area contributed by atoms with Crippen LogP contribution in [0.4, 0.5) is 24.9 Å². The zero-order valence-electron chi connectivity index (χ0n) is 13.1. The van der Waals surface area contributed by atoms with Crippen LogP contribution in [0.5, 0.6) is 0 Å². The van der Waals surface area contributed by atoms with Crippen molar-refractivity contribution in [3.63, 3.8) is 0 Å². The highest BCUT2D eigenvalue weighted by molar-refractivity contribution is 6.11. The van der Waals surface area contributed by atoms with E-state index in [1.807, 2.05) is 0 Å². The Kier molecular flexibility index (Phi) is 3.82. The van der Waals surface area contributed by atoms with Crippen LogP contribution >= 0.6 is 0 Å². The van der Waals surface area contributed by atoms with Crippen molar-refractivity contribution in [2.45, 2.75) is 13.1 Å². The highest BCUT2D eigenvalue weighted by atomic mass is 19.4. The third kappa shape index (κ3) is 3.10. The molecule has 0 saturated carbocycles. The fourth-order valence-corrected chi connectivity index (χ4v) is 2.55. The number of nitrogens with zero attached hydrogens (tertiary/aromatic N) is 2. The van der Waals surface area contributed by atoms with E-state index in [4.69, 9.17) is 11.5 Å². The summed E-state index contributed by atoms with van der Waals surface area (Å²) in [7, 11) is 0. The van der Waals surface area contributed by atoms with Crippen molar-refractivity contribution in [3.05, 3.63) is 58.7 Å². The van der Waals surface area contributed by atoms with Gasteiger partial charge in [0.15, 0.2) is 5.78 Å². The number of hydrogen-bond donors (Lipinski definition) is 2. The summed E-state index contributed by atoms with van der Waals surface area (Å²) in [5.41, 5.74) is 12.2. The standard InChI is InChI=1S/C17H13F3N4O/c1-8-6-10(7-12-13(8)23-16(22)24-15(12)21)14(25)9-2-4-11(5-3-9)17(18,19)20/h2-7H,1H3,(H4,21,22,23,24). The summed E-state index contributed by atoms with van der Waals surface area (Å²) in [6.07, 6.45) is -4.45. The summed E-state index contributed by atoms with van der Waals surface area (Å²) in [6, 6.07) is 7.14. The number of nitrogen functional groups attached to an aromatic ring is 2. The van der Waals surface area contributed by atoms with E-state index in [9.17, 15) is 18.0 Å². The lowest BCUT2D eigenvalue weighted by Gasteiger charge is -2.10. The van der Waals surface area contributed by atoms with Crippen molar-refractivity contribution in [1.29, 1.82) is 0 Å². The summed E-state index contributed by atoms with van der Waals surface area (Å²) < 4.78 is 37.9. The largest absolute Gasteiger partial charge is 0.416 e. The zero-order chi connectivity index (χ0) is 18.4. The predicted molar refractivity (Wildman–Crippen MR) is 88.0 cm³/mol. The number of ketones is 1. The Bertz CT molecular complexity index is 982. The van der Waals surface area contributed by atoms with E-state index in [0.29, 0.717) is 16.5 Å². The van der Waals surface area contributed by atoms with Crippen LogP contribution < -0.4 is 11.5 Å². The average Bonchev–Trinajstić information content (AvgIpc) is 2.54. The molecule has 0 amide bonds. The maximum absolute atomic E-state index is 12.6. The molecule has 3 aromatic rings. The Morgan fingerprint density at radius 2 is 1.64 bits per heavy atom. The van der Waals surface area contributed by atoms with Crippen molar-refractivity contribution < 1.29 is 18.0 Å². The zero-order valence-corrected chi connectivity index (χ0v) is 13.1. The third-order valence-corrected chi connectivity index (χ3v) is 3.77. The number of hydrogen-bond acceptors (Lipinski definition) is 5. The Morgan fingerprint density at radius 3 is 2.24 bits per heavy atom. The summed E-state index contributed by atoms with van der Waals surface area (Å²) in [5, 5.41) is 0.462. The van der Waals surface area contributed by atoms with Gasteiger partial charge in [0.2, 0.25) is 5.95 Å². The fourth-order valence-electron chi connectivity index (χ4n) is 2.55. The molecule has 25 heavy (non-hydrogen) atoms. The molecule has 1 aromatic heterocycles. The van der Waals surface area contributed by atoms with Crippen molar-refractivity contribution in [2.75, 3.05) is 11.5 Å². The lowest BCUT2D eigenvalue weighted by atomic mass is 9.98. The quantitative estimate of drug-likeness (QED) is 0.694. The molecule has 0 spiro atoms. The third-order valence-electron chi connectivity index (χ3n) is 3.77. The van der Waals surface area contributed by atoms with E-state index < -0.39 is 17.5 Å². The number of aromatic nitrogens is 2. The first kappa shape index (κ1) is 16.7. The number of carbonyl (C=O) groups excluding carboxylic acids is 1. The molecule has 8 heteroatoms. The SMILES string of the molecule is Cc1cc(C(=O)c2ccc(C(F)(F)F)cc2)cc2c(N)nc(N)nc12. The number of halogens is 3. The Labute approximate surface area is 140 Å². The maximum atomic E-state index is 12.6. The molecule has 3 rings (SSSR count). The second-order valence-corrected chi connectivity index (χ2v) is 5.56. The first-order chi connectivity index (χ1) is 11.7. The summed E-state index contributed by atoms with van der Waals surface area (Å²) in [6.45, 7) is 1.73. The van der Waals surface area contributed by atoms with Gasteiger partial charge in [-0.2, -0.15) is 18.2 Å². The molecule has 1 heterocycles. The summed E-state index contributed by atoms with van der Waals surface area (Å²) in [4.78, 5) is 20.6. The lowest BCUT2D eigenvalue weighted by Crippen LogP contribution is -2.07. The molecule has 128 valence electrons. The van der Waals surface area contributed by atoms with Crippen LogP contribution in [0.2, 0.25) is 0 Å². The van der Waals surface area contributed by atoms with Gasteiger partial charge in [-0.1, -0.05) is 12.1 Å². The smallest absolute Gasteiger partial charge is 0.383 e. The van der Waals surface area contributed by atoms with E-state index in [-0.39, 0.29) is 22.9 Å². The Hall–Kier alpha value is -3.16. The van der Waals surface area contributed by atoms with Gasteiger partial charge in [0.1, 0.15) is 5.82 Å². The molecule has 0 aliphatic carbocycles. The molecule has 5 nitrogen and oxygen atoms in total. The van der Waals surface area contributed by atoms with Gasteiger partial charge in [-0.15, -0.1) is 0 Å². The monoisotopic (exact) mass is 346 g/mol. The summed E-state index contributed by atoms with van der Waals surface area (Å²) >= 11 is 0. The number of alkyl halides is 3. The van der Waals surface area contributed by atoms with Crippen LogP contribution in [0.15, 0.2) is 36.4 Å². The molecule has 0 unspecified atom stereocenters. The van der Waals surface area contributed by atoms with E-state index in [0.717, 1.165) is 24.3 Å². The van der Waals surface area contributed by atoms with Crippen molar-refractivity contribution in [3.8, 4) is 0 Å². The lowest BCUT2D eigenvalue weighted by molar-refractivity contribution is -0.137. The number of fused-ring (bicyclic) bond motifs is 1. The second kappa shape index (κ2) is 5.73. The molecule has 0 aliphatic rings. The fraction of sp³-hybridized carbons (Fsp3) is 0.118. The first-order valence-electron chi connectivity index (χ1n) is 7.22. The Morgan fingerprint density at radius 1 is 1.00 bits per heavy atom. The summed E-state index contributed by atoms with van der Waals surface area (Å²) in [5.74, 6) is -0.266.